The lowest BCUT2D eigenvalue weighted by Gasteiger charge is -2.05. The Morgan fingerprint density at radius 2 is 1.96 bits per heavy atom. The van der Waals surface area contributed by atoms with Gasteiger partial charge in [0.25, 0.3) is 0 Å². The van der Waals surface area contributed by atoms with Crippen molar-refractivity contribution in [1.29, 1.82) is 0 Å². The number of carbonyl (C=O) groups excluding carboxylic acids is 1. The van der Waals surface area contributed by atoms with E-state index in [0.29, 0.717) is 18.0 Å². The maximum atomic E-state index is 13.5. The molecule has 2 aromatic carbocycles. The van der Waals surface area contributed by atoms with Crippen LogP contribution in [0.2, 0.25) is 0 Å². The first-order valence-electron chi connectivity index (χ1n) is 7.80. The molecule has 0 atom stereocenters. The molecule has 0 radical (unpaired) electrons. The minimum atomic E-state index is -0.412. The van der Waals surface area contributed by atoms with Crippen LogP contribution in [-0.4, -0.2) is 12.6 Å². The van der Waals surface area contributed by atoms with E-state index in [2.05, 4.69) is 9.98 Å². The Kier molecular flexibility index (Phi) is 3.13. The average Bonchev–Trinajstić information content (AvgIpc) is 3.06. The summed E-state index contributed by atoms with van der Waals surface area (Å²) in [5.74, 6) is -0.717. The minimum Gasteiger partial charge on any atom is -0.461 e. The van der Waals surface area contributed by atoms with Crippen molar-refractivity contribution >= 4 is 17.2 Å². The predicted octanol–water partition coefficient (Wildman–Crippen LogP) is 2.99. The van der Waals surface area contributed by atoms with Gasteiger partial charge in [-0.3, -0.25) is 0 Å². The van der Waals surface area contributed by atoms with E-state index in [1.54, 1.807) is 13.0 Å². The highest BCUT2D eigenvalue weighted by atomic mass is 19.1. The molecule has 2 aliphatic rings. The zero-order chi connectivity index (χ0) is 17.0. The Morgan fingerprint density at radius 1 is 1.17 bits per heavy atom. The highest BCUT2D eigenvalue weighted by Gasteiger charge is 2.26. The summed E-state index contributed by atoms with van der Waals surface area (Å²) < 4.78 is 18.5. The van der Waals surface area contributed by atoms with Crippen LogP contribution in [0.15, 0.2) is 39.9 Å². The summed E-state index contributed by atoms with van der Waals surface area (Å²) in [7, 11) is 0. The smallest absolute Gasteiger partial charge is 0.357 e. The molecule has 2 aliphatic heterocycles. The van der Waals surface area contributed by atoms with Crippen molar-refractivity contribution in [3.8, 4) is 11.1 Å². The molecule has 4 rings (SSSR count). The number of halogens is 1. The first kappa shape index (κ1) is 14.8. The third kappa shape index (κ3) is 1.94. The lowest BCUT2D eigenvalue weighted by Crippen LogP contribution is -2.18. The van der Waals surface area contributed by atoms with Gasteiger partial charge < -0.3 is 4.74 Å². The second-order valence-corrected chi connectivity index (χ2v) is 5.87. The van der Waals surface area contributed by atoms with Crippen LogP contribution in [0, 0.1) is 12.7 Å². The molecule has 2 aromatic rings. The highest BCUT2D eigenvalue weighted by Crippen LogP contribution is 2.35. The third-order valence-corrected chi connectivity index (χ3v) is 4.44. The van der Waals surface area contributed by atoms with Gasteiger partial charge in [-0.05, 0) is 50.1 Å². The first-order chi connectivity index (χ1) is 11.5. The zero-order valence-corrected chi connectivity index (χ0v) is 13.6. The standard InChI is InChI=1S/C19H15FN2O2/c1-4-24-19(23)18-10(3)16-9(2)17-13(8-15(16)22-18)12-6-5-11(20)7-14(12)21-17/h5-8H,4H2,1-3H3. The number of esters is 1. The van der Waals surface area contributed by atoms with Crippen LogP contribution < -0.4 is 10.7 Å². The van der Waals surface area contributed by atoms with Crippen molar-refractivity contribution in [1.82, 2.24) is 0 Å². The number of hydrogen-bond acceptors (Lipinski definition) is 4. The molecule has 4 nitrogen and oxygen atoms in total. The molecule has 0 bridgehead atoms. The van der Waals surface area contributed by atoms with Gasteiger partial charge in [0.1, 0.15) is 5.82 Å². The average molecular weight is 322 g/mol. The monoisotopic (exact) mass is 322 g/mol. The van der Waals surface area contributed by atoms with Gasteiger partial charge in [-0.15, -0.1) is 0 Å². The van der Waals surface area contributed by atoms with E-state index in [1.165, 1.54) is 12.1 Å². The van der Waals surface area contributed by atoms with E-state index >= 15 is 0 Å². The molecule has 5 heteroatoms. The highest BCUT2D eigenvalue weighted by molar-refractivity contribution is 5.99. The van der Waals surface area contributed by atoms with Crippen LogP contribution in [0.5, 0.6) is 0 Å². The van der Waals surface area contributed by atoms with Gasteiger partial charge in [-0.1, -0.05) is 0 Å². The number of carbonyl (C=O) groups is 1. The molecule has 0 unspecified atom stereocenters. The molecule has 2 heterocycles. The number of hydrogen-bond donors (Lipinski definition) is 0. The molecule has 0 aromatic heterocycles. The number of ether oxygens (including phenoxy) is 1. The van der Waals surface area contributed by atoms with Crippen LogP contribution in [0.3, 0.4) is 0 Å². The molecule has 120 valence electrons. The van der Waals surface area contributed by atoms with Crippen LogP contribution in [0.4, 0.5) is 10.1 Å². The molecular formula is C19H15FN2O2. The van der Waals surface area contributed by atoms with E-state index in [4.69, 9.17) is 4.74 Å². The van der Waals surface area contributed by atoms with Crippen molar-refractivity contribution in [2.45, 2.75) is 20.8 Å². The van der Waals surface area contributed by atoms with Crippen molar-refractivity contribution in [3.63, 3.8) is 0 Å². The Bertz CT molecular complexity index is 1070. The van der Waals surface area contributed by atoms with Gasteiger partial charge >= 0.3 is 5.97 Å². The van der Waals surface area contributed by atoms with E-state index < -0.39 is 5.97 Å². The Labute approximate surface area is 138 Å². The summed E-state index contributed by atoms with van der Waals surface area (Å²) in [5.41, 5.74) is 5.43. The van der Waals surface area contributed by atoms with E-state index in [9.17, 15) is 9.18 Å². The Balaban J connectivity index is 1.95. The fourth-order valence-electron chi connectivity index (χ4n) is 3.37. The molecule has 0 spiro atoms. The predicted molar refractivity (Wildman–Crippen MR) is 87.8 cm³/mol. The van der Waals surface area contributed by atoms with Crippen LogP contribution >= 0.6 is 0 Å². The van der Waals surface area contributed by atoms with Gasteiger partial charge in [-0.2, -0.15) is 0 Å². The van der Waals surface area contributed by atoms with Gasteiger partial charge in [-0.25, -0.2) is 19.2 Å². The largest absolute Gasteiger partial charge is 0.461 e. The zero-order valence-electron chi connectivity index (χ0n) is 13.6. The van der Waals surface area contributed by atoms with Crippen LogP contribution in [-0.2, 0) is 9.53 Å². The van der Waals surface area contributed by atoms with E-state index in [0.717, 1.165) is 38.5 Å². The summed E-state index contributed by atoms with van der Waals surface area (Å²) in [5, 5.41) is 1.55. The number of benzene rings is 2. The summed E-state index contributed by atoms with van der Waals surface area (Å²) >= 11 is 0. The molecule has 0 N–H and O–H groups in total. The number of nitrogens with zero attached hydrogens (tertiary/aromatic N) is 2. The topological polar surface area (TPSA) is 51.0 Å². The molecular weight excluding hydrogens is 307 g/mol. The molecule has 24 heavy (non-hydrogen) atoms. The Morgan fingerprint density at radius 3 is 2.71 bits per heavy atom. The molecule has 0 fully saturated rings. The van der Waals surface area contributed by atoms with Crippen molar-refractivity contribution in [2.24, 2.45) is 9.98 Å². The van der Waals surface area contributed by atoms with Gasteiger partial charge in [0.15, 0.2) is 5.70 Å². The summed E-state index contributed by atoms with van der Waals surface area (Å²) in [4.78, 5) is 21.1. The number of allylic oxidation sites excluding steroid dienone is 1. The molecule has 0 aliphatic carbocycles. The second-order valence-electron chi connectivity index (χ2n) is 5.87. The number of rotatable bonds is 2. The SMILES string of the molecule is CCOC(=O)C1=C(C)c2c(C)c3c(cc2=N1)-c1ccc(F)cc1N=3. The summed E-state index contributed by atoms with van der Waals surface area (Å²) in [6, 6.07) is 6.51. The molecule has 0 saturated heterocycles. The molecule has 0 saturated carbocycles. The summed E-state index contributed by atoms with van der Waals surface area (Å²) in [6.45, 7) is 5.90. The van der Waals surface area contributed by atoms with E-state index in [-0.39, 0.29) is 5.82 Å². The minimum absolute atomic E-state index is 0.305. The first-order valence-corrected chi connectivity index (χ1v) is 7.80. The lowest BCUT2D eigenvalue weighted by molar-refractivity contribution is -0.138. The van der Waals surface area contributed by atoms with Crippen LogP contribution in [0.25, 0.3) is 16.7 Å². The lowest BCUT2D eigenvalue weighted by atomic mass is 9.96. The maximum Gasteiger partial charge on any atom is 0.357 e. The second kappa shape index (κ2) is 5.09. The van der Waals surface area contributed by atoms with Crippen molar-refractivity contribution in [3.05, 3.63) is 57.6 Å². The Hall–Kier alpha value is -2.82. The normalized spacial score (nSPS) is 13.8. The van der Waals surface area contributed by atoms with Gasteiger partial charge in [0.2, 0.25) is 0 Å². The molecule has 0 amide bonds. The van der Waals surface area contributed by atoms with E-state index in [1.807, 2.05) is 19.9 Å². The van der Waals surface area contributed by atoms with Crippen molar-refractivity contribution in [2.75, 3.05) is 6.61 Å². The fraction of sp³-hybridized carbons (Fsp3) is 0.211. The van der Waals surface area contributed by atoms with Crippen molar-refractivity contribution < 1.29 is 13.9 Å². The fourth-order valence-corrected chi connectivity index (χ4v) is 3.37. The maximum absolute atomic E-state index is 13.5. The van der Waals surface area contributed by atoms with Gasteiger partial charge in [0, 0.05) is 22.8 Å². The quantitative estimate of drug-likeness (QED) is 0.681. The van der Waals surface area contributed by atoms with Crippen LogP contribution in [0.1, 0.15) is 25.0 Å². The third-order valence-electron chi connectivity index (χ3n) is 4.44. The van der Waals surface area contributed by atoms with Gasteiger partial charge in [0.05, 0.1) is 23.0 Å². The number of fused-ring (bicyclic) bond motifs is 4. The summed E-state index contributed by atoms with van der Waals surface area (Å²) in [6.07, 6.45) is 0.